The molecule has 1 N–H and O–H groups in total. The fraction of sp³-hybridized carbons (Fsp3) is 0.273. The zero-order valence-electron chi connectivity index (χ0n) is 16.4. The number of hydrogen-bond donors (Lipinski definition) is 1. The molecule has 2 aromatic carbocycles. The van der Waals surface area contributed by atoms with Crippen molar-refractivity contribution in [3.63, 3.8) is 0 Å². The van der Waals surface area contributed by atoms with Crippen LogP contribution in [0.4, 0.5) is 10.5 Å². The lowest BCUT2D eigenvalue weighted by molar-refractivity contribution is -0.143. The first-order valence-electron chi connectivity index (χ1n) is 9.46. The summed E-state index contributed by atoms with van der Waals surface area (Å²) in [6.45, 7) is 3.31. The summed E-state index contributed by atoms with van der Waals surface area (Å²) in [6.07, 6.45) is 0.625. The van der Waals surface area contributed by atoms with Crippen molar-refractivity contribution in [3.8, 4) is 0 Å². The molecule has 0 atom stereocenters. The van der Waals surface area contributed by atoms with E-state index in [1.54, 1.807) is 12.1 Å². The number of imide groups is 2. The Bertz CT molecular complexity index is 940. The molecular weight excluding hydrogens is 370 g/mol. The zero-order valence-corrected chi connectivity index (χ0v) is 16.4. The summed E-state index contributed by atoms with van der Waals surface area (Å²) in [5.74, 6) is -2.37. The number of anilines is 1. The molecule has 7 heteroatoms. The van der Waals surface area contributed by atoms with E-state index >= 15 is 0 Å². The van der Waals surface area contributed by atoms with Crippen LogP contribution in [0.15, 0.2) is 54.6 Å². The lowest BCUT2D eigenvalue weighted by Gasteiger charge is -2.17. The van der Waals surface area contributed by atoms with Crippen LogP contribution in [-0.4, -0.2) is 46.6 Å². The van der Waals surface area contributed by atoms with Gasteiger partial charge in [-0.05, 0) is 29.5 Å². The van der Waals surface area contributed by atoms with Crippen molar-refractivity contribution in [2.75, 3.05) is 18.4 Å². The van der Waals surface area contributed by atoms with Crippen LogP contribution in [0.5, 0.6) is 0 Å². The molecule has 0 spiro atoms. The summed E-state index contributed by atoms with van der Waals surface area (Å²) < 4.78 is 0. The quantitative estimate of drug-likeness (QED) is 0.579. The van der Waals surface area contributed by atoms with Crippen molar-refractivity contribution in [1.29, 1.82) is 0 Å². The molecule has 0 radical (unpaired) electrons. The van der Waals surface area contributed by atoms with Crippen molar-refractivity contribution >= 4 is 29.4 Å². The second-order valence-electron chi connectivity index (χ2n) is 7.35. The molecule has 1 aliphatic heterocycles. The number of hydrogen-bond acceptors (Lipinski definition) is 4. The summed E-state index contributed by atoms with van der Waals surface area (Å²) in [7, 11) is 0. The minimum Gasteiger partial charge on any atom is -0.324 e. The number of nitrogens with zero attached hydrogens (tertiary/aromatic N) is 2. The first kappa shape index (κ1) is 20.3. The van der Waals surface area contributed by atoms with E-state index in [4.69, 9.17) is 0 Å². The van der Waals surface area contributed by atoms with Crippen LogP contribution in [0.25, 0.3) is 0 Å². The SMILES string of the molecule is CC(C)CN1C(=O)C(=O)N(CC(=O)Nc2ccccc2Cc2ccccc2)C1=O. The van der Waals surface area contributed by atoms with Gasteiger partial charge in [0.05, 0.1) is 0 Å². The summed E-state index contributed by atoms with van der Waals surface area (Å²) in [6, 6.07) is 16.4. The number of rotatable bonds is 7. The molecule has 7 nitrogen and oxygen atoms in total. The number of urea groups is 1. The molecule has 1 saturated heterocycles. The largest absolute Gasteiger partial charge is 0.334 e. The van der Waals surface area contributed by atoms with Gasteiger partial charge in [-0.2, -0.15) is 0 Å². The molecule has 0 unspecified atom stereocenters. The van der Waals surface area contributed by atoms with Crippen LogP contribution >= 0.6 is 0 Å². The number of benzene rings is 2. The van der Waals surface area contributed by atoms with Crippen LogP contribution in [0.3, 0.4) is 0 Å². The Balaban J connectivity index is 1.69. The molecule has 2 aromatic rings. The maximum absolute atomic E-state index is 12.5. The molecule has 3 rings (SSSR count). The van der Waals surface area contributed by atoms with E-state index in [9.17, 15) is 19.2 Å². The molecule has 1 fully saturated rings. The van der Waals surface area contributed by atoms with Gasteiger partial charge in [-0.25, -0.2) is 9.69 Å². The summed E-state index contributed by atoms with van der Waals surface area (Å²) in [5.41, 5.74) is 2.60. The predicted octanol–water partition coefficient (Wildman–Crippen LogP) is 2.66. The maximum Gasteiger partial charge on any atom is 0.334 e. The Labute approximate surface area is 169 Å². The number of carbonyl (C=O) groups is 4. The minimum atomic E-state index is -0.969. The summed E-state index contributed by atoms with van der Waals surface area (Å²) in [5, 5.41) is 2.75. The fourth-order valence-electron chi connectivity index (χ4n) is 3.16. The number of amides is 5. The molecule has 0 saturated carbocycles. The summed E-state index contributed by atoms with van der Waals surface area (Å²) >= 11 is 0. The molecule has 0 aliphatic carbocycles. The first-order chi connectivity index (χ1) is 13.9. The molecule has 1 heterocycles. The third kappa shape index (κ3) is 4.68. The normalized spacial score (nSPS) is 14.1. The second-order valence-corrected chi connectivity index (χ2v) is 7.35. The number of carbonyl (C=O) groups excluding carboxylic acids is 4. The molecular formula is C22H23N3O4. The van der Waals surface area contributed by atoms with Crippen LogP contribution in [0.1, 0.15) is 25.0 Å². The van der Waals surface area contributed by atoms with E-state index in [-0.39, 0.29) is 12.5 Å². The third-order valence-corrected chi connectivity index (χ3v) is 4.51. The molecule has 5 amide bonds. The second kappa shape index (κ2) is 8.68. The van der Waals surface area contributed by atoms with Gasteiger partial charge in [0.2, 0.25) is 5.91 Å². The van der Waals surface area contributed by atoms with Gasteiger partial charge >= 0.3 is 17.8 Å². The van der Waals surface area contributed by atoms with Gasteiger partial charge in [0.15, 0.2) is 0 Å². The monoisotopic (exact) mass is 393 g/mol. The topological polar surface area (TPSA) is 86.8 Å². The van der Waals surface area contributed by atoms with E-state index in [2.05, 4.69) is 5.32 Å². The van der Waals surface area contributed by atoms with Gasteiger partial charge in [0.1, 0.15) is 6.54 Å². The molecule has 29 heavy (non-hydrogen) atoms. The average Bonchev–Trinajstić information content (AvgIpc) is 2.88. The van der Waals surface area contributed by atoms with E-state index in [1.165, 1.54) is 0 Å². The highest BCUT2D eigenvalue weighted by Crippen LogP contribution is 2.20. The Kier molecular flexibility index (Phi) is 6.07. The van der Waals surface area contributed by atoms with Crippen molar-refractivity contribution in [2.24, 2.45) is 5.92 Å². The lowest BCUT2D eigenvalue weighted by Crippen LogP contribution is -2.39. The van der Waals surface area contributed by atoms with E-state index in [0.717, 1.165) is 16.0 Å². The van der Waals surface area contributed by atoms with E-state index in [0.29, 0.717) is 17.0 Å². The minimum absolute atomic E-state index is 0.0225. The van der Waals surface area contributed by atoms with Gasteiger partial charge in [-0.3, -0.25) is 19.3 Å². The highest BCUT2D eigenvalue weighted by molar-refractivity contribution is 6.45. The summed E-state index contributed by atoms with van der Waals surface area (Å²) in [4.78, 5) is 50.7. The van der Waals surface area contributed by atoms with Crippen LogP contribution < -0.4 is 5.32 Å². The highest BCUT2D eigenvalue weighted by atomic mass is 16.2. The molecule has 1 aliphatic rings. The van der Waals surface area contributed by atoms with Crippen molar-refractivity contribution in [3.05, 3.63) is 65.7 Å². The Hall–Kier alpha value is -3.48. The van der Waals surface area contributed by atoms with Crippen molar-refractivity contribution in [2.45, 2.75) is 20.3 Å². The van der Waals surface area contributed by atoms with Gasteiger partial charge in [0, 0.05) is 12.2 Å². The average molecular weight is 393 g/mol. The Morgan fingerprint density at radius 2 is 1.52 bits per heavy atom. The van der Waals surface area contributed by atoms with Gasteiger partial charge < -0.3 is 5.32 Å². The highest BCUT2D eigenvalue weighted by Gasteiger charge is 2.45. The fourth-order valence-corrected chi connectivity index (χ4v) is 3.16. The van der Waals surface area contributed by atoms with E-state index in [1.807, 2.05) is 56.3 Å². The molecule has 150 valence electrons. The molecule has 0 bridgehead atoms. The zero-order chi connectivity index (χ0) is 21.0. The first-order valence-corrected chi connectivity index (χ1v) is 9.46. The van der Waals surface area contributed by atoms with Gasteiger partial charge in [-0.1, -0.05) is 62.4 Å². The van der Waals surface area contributed by atoms with Crippen LogP contribution in [-0.2, 0) is 20.8 Å². The lowest BCUT2D eigenvalue weighted by atomic mass is 10.0. The number of para-hydroxylation sites is 1. The van der Waals surface area contributed by atoms with Gasteiger partial charge in [-0.15, -0.1) is 0 Å². The van der Waals surface area contributed by atoms with Crippen LogP contribution in [0.2, 0.25) is 0 Å². The Morgan fingerprint density at radius 3 is 2.21 bits per heavy atom. The predicted molar refractivity (Wildman–Crippen MR) is 108 cm³/mol. The Morgan fingerprint density at radius 1 is 0.897 bits per heavy atom. The van der Waals surface area contributed by atoms with Gasteiger partial charge in [0.25, 0.3) is 0 Å². The maximum atomic E-state index is 12.5. The van der Waals surface area contributed by atoms with E-state index < -0.39 is 30.3 Å². The third-order valence-electron chi connectivity index (χ3n) is 4.51. The van der Waals surface area contributed by atoms with Crippen molar-refractivity contribution in [1.82, 2.24) is 9.80 Å². The number of nitrogens with one attached hydrogen (secondary N) is 1. The smallest absolute Gasteiger partial charge is 0.324 e. The molecule has 0 aromatic heterocycles. The standard InChI is InChI=1S/C22H23N3O4/c1-15(2)13-24-20(27)21(28)25(22(24)29)14-19(26)23-18-11-7-6-10-17(18)12-16-8-4-3-5-9-16/h3-11,15H,12-14H2,1-2H3,(H,23,26). The van der Waals surface area contributed by atoms with Crippen molar-refractivity contribution < 1.29 is 19.2 Å². The van der Waals surface area contributed by atoms with Crippen LogP contribution in [0, 0.1) is 5.92 Å².